The topological polar surface area (TPSA) is 58.6 Å². The van der Waals surface area contributed by atoms with Crippen molar-refractivity contribution in [1.29, 1.82) is 0 Å². The molecule has 1 aliphatic rings. The van der Waals surface area contributed by atoms with Crippen LogP contribution < -0.4 is 9.64 Å². The summed E-state index contributed by atoms with van der Waals surface area (Å²) in [6.45, 7) is 2.74. The molecule has 0 aliphatic carbocycles. The number of carbonyl (C=O) groups is 1. The number of rotatable bonds is 3. The number of hydrogen-bond acceptors (Lipinski definition) is 5. The van der Waals surface area contributed by atoms with Crippen LogP contribution in [0.4, 0.5) is 5.82 Å². The van der Waals surface area contributed by atoms with Gasteiger partial charge in [0, 0.05) is 44.1 Å². The summed E-state index contributed by atoms with van der Waals surface area (Å²) < 4.78 is 5.17. The Morgan fingerprint density at radius 3 is 2.65 bits per heavy atom. The maximum atomic E-state index is 12.6. The van der Waals surface area contributed by atoms with Crippen LogP contribution in [0.2, 0.25) is 5.02 Å². The quantitative estimate of drug-likeness (QED) is 0.861. The van der Waals surface area contributed by atoms with Crippen molar-refractivity contribution >= 4 is 23.3 Å². The zero-order valence-electron chi connectivity index (χ0n) is 12.8. The van der Waals surface area contributed by atoms with Gasteiger partial charge in [0.15, 0.2) is 0 Å². The Hall–Kier alpha value is -2.34. The highest BCUT2D eigenvalue weighted by atomic mass is 35.5. The summed E-state index contributed by atoms with van der Waals surface area (Å²) in [5.41, 5.74) is 0.583. The number of hydrogen-bond donors (Lipinski definition) is 0. The van der Waals surface area contributed by atoms with E-state index < -0.39 is 0 Å². The molecule has 1 aliphatic heterocycles. The first-order chi connectivity index (χ1) is 11.2. The first-order valence-corrected chi connectivity index (χ1v) is 7.70. The third kappa shape index (κ3) is 3.37. The third-order valence-electron chi connectivity index (χ3n) is 3.84. The summed E-state index contributed by atoms with van der Waals surface area (Å²) in [6, 6.07) is 5.09. The Morgan fingerprint density at radius 1 is 1.22 bits per heavy atom. The summed E-state index contributed by atoms with van der Waals surface area (Å²) in [4.78, 5) is 24.9. The Kier molecular flexibility index (Phi) is 4.62. The van der Waals surface area contributed by atoms with Gasteiger partial charge in [-0.15, -0.1) is 0 Å². The molecule has 23 heavy (non-hydrogen) atoms. The van der Waals surface area contributed by atoms with Gasteiger partial charge in [-0.05, 0) is 18.2 Å². The van der Waals surface area contributed by atoms with Crippen LogP contribution in [0, 0.1) is 0 Å². The van der Waals surface area contributed by atoms with Gasteiger partial charge >= 0.3 is 0 Å². The van der Waals surface area contributed by atoms with E-state index in [0.717, 1.165) is 18.9 Å². The highest BCUT2D eigenvalue weighted by molar-refractivity contribution is 6.32. The predicted octanol–water partition coefficient (Wildman–Crippen LogP) is 2.10. The summed E-state index contributed by atoms with van der Waals surface area (Å²) in [5.74, 6) is 1.34. The molecule has 0 unspecified atom stereocenters. The minimum Gasteiger partial charge on any atom is -0.495 e. The van der Waals surface area contributed by atoms with E-state index >= 15 is 0 Å². The zero-order chi connectivity index (χ0) is 16.2. The van der Waals surface area contributed by atoms with Crippen LogP contribution in [0.3, 0.4) is 0 Å². The second-order valence-corrected chi connectivity index (χ2v) is 5.60. The number of ether oxygens (including phenoxy) is 1. The number of carbonyl (C=O) groups excluding carboxylic acids is 1. The Morgan fingerprint density at radius 2 is 2.00 bits per heavy atom. The van der Waals surface area contributed by atoms with Crippen LogP contribution in [-0.2, 0) is 0 Å². The standard InChI is InChI=1S/C16H17ClN4O2/c1-23-14-10-12(2-3-13(14)17)16(22)21-8-6-20(7-9-21)15-11-18-4-5-19-15/h2-5,10-11H,6-9H2,1H3. The lowest BCUT2D eigenvalue weighted by Gasteiger charge is -2.35. The number of benzene rings is 1. The summed E-state index contributed by atoms with van der Waals surface area (Å²) >= 11 is 6.00. The van der Waals surface area contributed by atoms with Crippen molar-refractivity contribution in [1.82, 2.24) is 14.9 Å². The van der Waals surface area contributed by atoms with Gasteiger partial charge < -0.3 is 14.5 Å². The second-order valence-electron chi connectivity index (χ2n) is 5.19. The van der Waals surface area contributed by atoms with Crippen LogP contribution in [-0.4, -0.2) is 54.1 Å². The molecule has 0 N–H and O–H groups in total. The molecule has 7 heteroatoms. The maximum Gasteiger partial charge on any atom is 0.254 e. The molecule has 1 fully saturated rings. The van der Waals surface area contributed by atoms with E-state index in [1.54, 1.807) is 36.8 Å². The third-order valence-corrected chi connectivity index (χ3v) is 4.15. The van der Waals surface area contributed by atoms with Crippen LogP contribution in [0.1, 0.15) is 10.4 Å². The molecule has 1 amide bonds. The molecule has 0 radical (unpaired) electrons. The SMILES string of the molecule is COc1cc(C(=O)N2CCN(c3cnccn3)CC2)ccc1Cl. The number of aromatic nitrogens is 2. The minimum atomic E-state index is -0.0150. The fourth-order valence-corrected chi connectivity index (χ4v) is 2.76. The van der Waals surface area contributed by atoms with Gasteiger partial charge in [0.2, 0.25) is 0 Å². The van der Waals surface area contributed by atoms with Gasteiger partial charge in [-0.2, -0.15) is 0 Å². The highest BCUT2D eigenvalue weighted by Gasteiger charge is 2.23. The molecule has 1 aromatic carbocycles. The summed E-state index contributed by atoms with van der Waals surface area (Å²) in [6.07, 6.45) is 5.06. The molecular weight excluding hydrogens is 316 g/mol. The van der Waals surface area contributed by atoms with Crippen LogP contribution in [0.15, 0.2) is 36.8 Å². The average molecular weight is 333 g/mol. The van der Waals surface area contributed by atoms with Crippen LogP contribution >= 0.6 is 11.6 Å². The highest BCUT2D eigenvalue weighted by Crippen LogP contribution is 2.26. The fourth-order valence-electron chi connectivity index (χ4n) is 2.57. The average Bonchev–Trinajstić information content (AvgIpc) is 2.62. The normalized spacial score (nSPS) is 14.7. The van der Waals surface area contributed by atoms with Gasteiger partial charge in [0.05, 0.1) is 18.3 Å². The first-order valence-electron chi connectivity index (χ1n) is 7.33. The van der Waals surface area contributed by atoms with E-state index in [9.17, 15) is 4.79 Å². The number of nitrogens with zero attached hydrogens (tertiary/aromatic N) is 4. The molecule has 0 bridgehead atoms. The van der Waals surface area contributed by atoms with Crippen LogP contribution in [0.25, 0.3) is 0 Å². The Bertz CT molecular complexity index is 688. The van der Waals surface area contributed by atoms with Crippen LogP contribution in [0.5, 0.6) is 5.75 Å². The molecule has 1 aromatic heterocycles. The maximum absolute atomic E-state index is 12.6. The van der Waals surface area contributed by atoms with Crippen molar-refractivity contribution in [3.63, 3.8) is 0 Å². The first kappa shape index (κ1) is 15.6. The molecule has 6 nitrogen and oxygen atoms in total. The smallest absolute Gasteiger partial charge is 0.254 e. The lowest BCUT2D eigenvalue weighted by Crippen LogP contribution is -2.49. The predicted molar refractivity (Wildman–Crippen MR) is 88.2 cm³/mol. The Labute approximate surface area is 139 Å². The Balaban J connectivity index is 1.66. The van der Waals surface area contributed by atoms with Gasteiger partial charge in [-0.3, -0.25) is 9.78 Å². The molecule has 0 atom stereocenters. The molecule has 1 saturated heterocycles. The molecule has 2 heterocycles. The second kappa shape index (κ2) is 6.83. The molecule has 2 aromatic rings. The largest absolute Gasteiger partial charge is 0.495 e. The van der Waals surface area contributed by atoms with Crippen molar-refractivity contribution in [3.05, 3.63) is 47.4 Å². The van der Waals surface area contributed by atoms with E-state index in [1.807, 2.05) is 4.90 Å². The van der Waals surface area contributed by atoms with Crippen molar-refractivity contribution in [2.24, 2.45) is 0 Å². The van der Waals surface area contributed by atoms with Gasteiger partial charge in [0.1, 0.15) is 11.6 Å². The van der Waals surface area contributed by atoms with E-state index in [1.165, 1.54) is 7.11 Å². The number of amides is 1. The van der Waals surface area contributed by atoms with E-state index in [2.05, 4.69) is 14.9 Å². The monoisotopic (exact) mass is 332 g/mol. The van der Waals surface area contributed by atoms with Crippen molar-refractivity contribution < 1.29 is 9.53 Å². The van der Waals surface area contributed by atoms with E-state index in [4.69, 9.17) is 16.3 Å². The summed E-state index contributed by atoms with van der Waals surface area (Å²) in [7, 11) is 1.54. The molecule has 0 spiro atoms. The van der Waals surface area contributed by atoms with Crippen molar-refractivity contribution in [2.45, 2.75) is 0 Å². The van der Waals surface area contributed by atoms with E-state index in [-0.39, 0.29) is 5.91 Å². The van der Waals surface area contributed by atoms with E-state index in [0.29, 0.717) is 29.4 Å². The van der Waals surface area contributed by atoms with Gasteiger partial charge in [-0.1, -0.05) is 11.6 Å². The fraction of sp³-hybridized carbons (Fsp3) is 0.312. The number of anilines is 1. The van der Waals surface area contributed by atoms with Crippen molar-refractivity contribution in [3.8, 4) is 5.75 Å². The zero-order valence-corrected chi connectivity index (χ0v) is 13.5. The number of piperazine rings is 1. The lowest BCUT2D eigenvalue weighted by atomic mass is 10.1. The van der Waals surface area contributed by atoms with Gasteiger partial charge in [0.25, 0.3) is 5.91 Å². The molecular formula is C16H17ClN4O2. The molecule has 0 saturated carbocycles. The van der Waals surface area contributed by atoms with Crippen molar-refractivity contribution in [2.75, 3.05) is 38.2 Å². The number of methoxy groups -OCH3 is 1. The summed E-state index contributed by atoms with van der Waals surface area (Å²) in [5, 5.41) is 0.497. The van der Waals surface area contributed by atoms with Gasteiger partial charge in [-0.25, -0.2) is 4.98 Å². The number of halogens is 1. The molecule has 120 valence electrons. The molecule has 3 rings (SSSR count). The minimum absolute atomic E-state index is 0.0150. The lowest BCUT2D eigenvalue weighted by molar-refractivity contribution is 0.0746.